The molecule has 152 valence electrons. The summed E-state index contributed by atoms with van der Waals surface area (Å²) in [5.41, 5.74) is 2.04. The van der Waals surface area contributed by atoms with E-state index in [0.717, 1.165) is 22.8 Å². The highest BCUT2D eigenvalue weighted by molar-refractivity contribution is 7.99. The summed E-state index contributed by atoms with van der Waals surface area (Å²) in [7, 11) is 1.69. The van der Waals surface area contributed by atoms with Gasteiger partial charge in [0.15, 0.2) is 5.16 Å². The number of imidazole rings is 1. The van der Waals surface area contributed by atoms with E-state index in [-0.39, 0.29) is 5.91 Å². The van der Waals surface area contributed by atoms with E-state index in [1.165, 1.54) is 31.0 Å². The number of halogens is 1. The van der Waals surface area contributed by atoms with Crippen LogP contribution in [0.25, 0.3) is 11.3 Å². The molecule has 0 saturated heterocycles. The van der Waals surface area contributed by atoms with E-state index in [4.69, 9.17) is 16.3 Å². The van der Waals surface area contributed by atoms with Crippen LogP contribution >= 0.6 is 23.4 Å². The number of nitrogens with one attached hydrogen (secondary N) is 1. The Labute approximate surface area is 176 Å². The number of hydrogen-bond donors (Lipinski definition) is 1. The third-order valence-corrected chi connectivity index (χ3v) is 6.51. The van der Waals surface area contributed by atoms with Gasteiger partial charge in [0.1, 0.15) is 0 Å². The van der Waals surface area contributed by atoms with E-state index in [1.54, 1.807) is 7.11 Å². The molecule has 0 radical (unpaired) electrons. The predicted molar refractivity (Wildman–Crippen MR) is 115 cm³/mol. The minimum atomic E-state index is 0.0816. The summed E-state index contributed by atoms with van der Waals surface area (Å²) in [6, 6.07) is 8.01. The van der Waals surface area contributed by atoms with Crippen LogP contribution in [-0.4, -0.2) is 41.0 Å². The zero-order chi connectivity index (χ0) is 19.9. The van der Waals surface area contributed by atoms with Crippen LogP contribution in [0.15, 0.2) is 35.6 Å². The van der Waals surface area contributed by atoms with E-state index in [2.05, 4.69) is 21.8 Å². The molecule has 0 bridgehead atoms. The van der Waals surface area contributed by atoms with Gasteiger partial charge in [-0.25, -0.2) is 4.98 Å². The number of nitrogens with zero attached hydrogens (tertiary/aromatic N) is 2. The smallest absolute Gasteiger partial charge is 0.230 e. The third kappa shape index (κ3) is 5.52. The monoisotopic (exact) mass is 421 g/mol. The van der Waals surface area contributed by atoms with Gasteiger partial charge in [0.25, 0.3) is 0 Å². The first-order chi connectivity index (χ1) is 13.6. The molecule has 1 aromatic carbocycles. The summed E-state index contributed by atoms with van der Waals surface area (Å²) in [4.78, 5) is 17.0. The normalized spacial score (nSPS) is 19.5. The van der Waals surface area contributed by atoms with Crippen molar-refractivity contribution in [3.05, 3.63) is 35.5 Å². The maximum absolute atomic E-state index is 12.5. The highest BCUT2D eigenvalue weighted by Gasteiger charge is 2.23. The van der Waals surface area contributed by atoms with Gasteiger partial charge in [0.2, 0.25) is 5.91 Å². The minimum absolute atomic E-state index is 0.0816. The van der Waals surface area contributed by atoms with Crippen molar-refractivity contribution < 1.29 is 9.53 Å². The largest absolute Gasteiger partial charge is 0.383 e. The molecule has 7 heteroatoms. The average Bonchev–Trinajstić information content (AvgIpc) is 3.10. The van der Waals surface area contributed by atoms with Crippen LogP contribution in [-0.2, 0) is 16.1 Å². The quantitative estimate of drug-likeness (QED) is 0.631. The van der Waals surface area contributed by atoms with Crippen LogP contribution in [0.5, 0.6) is 0 Å². The van der Waals surface area contributed by atoms with Crippen molar-refractivity contribution in [1.82, 2.24) is 14.9 Å². The molecule has 2 atom stereocenters. The maximum Gasteiger partial charge on any atom is 0.230 e. The van der Waals surface area contributed by atoms with Crippen molar-refractivity contribution in [3.8, 4) is 11.3 Å². The van der Waals surface area contributed by atoms with Crippen LogP contribution in [0, 0.1) is 5.92 Å². The highest BCUT2D eigenvalue weighted by Crippen LogP contribution is 2.28. The van der Waals surface area contributed by atoms with Gasteiger partial charge >= 0.3 is 0 Å². The molecule has 1 aliphatic rings. The molecular formula is C21H28ClN3O2S. The highest BCUT2D eigenvalue weighted by atomic mass is 35.5. The molecule has 1 amide bonds. The molecule has 1 aliphatic carbocycles. The lowest BCUT2D eigenvalue weighted by Gasteiger charge is -2.29. The second kappa shape index (κ2) is 10.3. The van der Waals surface area contributed by atoms with E-state index in [1.807, 2.05) is 30.5 Å². The predicted octanol–water partition coefficient (Wildman–Crippen LogP) is 4.64. The lowest BCUT2D eigenvalue weighted by atomic mass is 9.86. The Hall–Kier alpha value is -1.50. The van der Waals surface area contributed by atoms with Crippen molar-refractivity contribution >= 4 is 29.3 Å². The van der Waals surface area contributed by atoms with E-state index >= 15 is 0 Å². The van der Waals surface area contributed by atoms with Crippen LogP contribution in [0.1, 0.15) is 32.6 Å². The first-order valence-electron chi connectivity index (χ1n) is 9.81. The number of amides is 1. The number of thioether (sulfide) groups is 1. The van der Waals surface area contributed by atoms with E-state index in [0.29, 0.717) is 35.9 Å². The van der Waals surface area contributed by atoms with Crippen LogP contribution in [0.2, 0.25) is 5.02 Å². The first-order valence-corrected chi connectivity index (χ1v) is 11.2. The molecule has 1 heterocycles. The Morgan fingerprint density at radius 1 is 1.32 bits per heavy atom. The van der Waals surface area contributed by atoms with Gasteiger partial charge in [0.05, 0.1) is 24.3 Å². The van der Waals surface area contributed by atoms with Crippen molar-refractivity contribution in [1.29, 1.82) is 0 Å². The lowest BCUT2D eigenvalue weighted by molar-refractivity contribution is -0.119. The molecule has 5 nitrogen and oxygen atoms in total. The van der Waals surface area contributed by atoms with E-state index < -0.39 is 0 Å². The number of ether oxygens (including phenoxy) is 1. The fourth-order valence-corrected chi connectivity index (χ4v) is 4.58. The molecule has 0 aliphatic heterocycles. The molecular weight excluding hydrogens is 394 g/mol. The molecule has 1 N–H and O–H groups in total. The molecule has 3 rings (SSSR count). The van der Waals surface area contributed by atoms with Gasteiger partial charge < -0.3 is 14.6 Å². The number of benzene rings is 1. The number of aromatic nitrogens is 2. The van der Waals surface area contributed by atoms with Crippen LogP contribution in [0.4, 0.5) is 0 Å². The van der Waals surface area contributed by atoms with Gasteiger partial charge in [0, 0.05) is 24.7 Å². The number of rotatable bonds is 8. The van der Waals surface area contributed by atoms with Gasteiger partial charge in [-0.15, -0.1) is 0 Å². The second-order valence-electron chi connectivity index (χ2n) is 7.30. The van der Waals surface area contributed by atoms with Gasteiger partial charge in [-0.2, -0.15) is 0 Å². The molecule has 1 aromatic heterocycles. The Morgan fingerprint density at radius 3 is 2.79 bits per heavy atom. The maximum atomic E-state index is 12.5. The topological polar surface area (TPSA) is 56.2 Å². The van der Waals surface area contributed by atoms with Crippen molar-refractivity contribution in [3.63, 3.8) is 0 Å². The molecule has 1 saturated carbocycles. The van der Waals surface area contributed by atoms with Gasteiger partial charge in [-0.1, -0.05) is 55.3 Å². The Kier molecular flexibility index (Phi) is 7.82. The second-order valence-corrected chi connectivity index (χ2v) is 8.68. The van der Waals surface area contributed by atoms with Crippen LogP contribution < -0.4 is 5.32 Å². The number of methoxy groups -OCH3 is 1. The first kappa shape index (κ1) is 21.2. The number of carbonyl (C=O) groups excluding carboxylic acids is 1. The number of carbonyl (C=O) groups is 1. The molecule has 2 aromatic rings. The average molecular weight is 422 g/mol. The summed E-state index contributed by atoms with van der Waals surface area (Å²) in [5, 5.41) is 4.74. The molecule has 1 fully saturated rings. The zero-order valence-corrected chi connectivity index (χ0v) is 18.1. The summed E-state index contributed by atoms with van der Waals surface area (Å²) < 4.78 is 7.36. The Bertz CT molecular complexity index is 778. The van der Waals surface area contributed by atoms with Crippen LogP contribution in [0.3, 0.4) is 0 Å². The number of hydrogen-bond acceptors (Lipinski definition) is 4. The van der Waals surface area contributed by atoms with Gasteiger partial charge in [-0.3, -0.25) is 4.79 Å². The lowest BCUT2D eigenvalue weighted by Crippen LogP contribution is -2.41. The molecule has 2 unspecified atom stereocenters. The third-order valence-electron chi connectivity index (χ3n) is 5.27. The summed E-state index contributed by atoms with van der Waals surface area (Å²) in [6.45, 7) is 3.49. The Balaban J connectivity index is 1.67. The van der Waals surface area contributed by atoms with Gasteiger partial charge in [-0.05, 0) is 36.5 Å². The Morgan fingerprint density at radius 2 is 2.07 bits per heavy atom. The summed E-state index contributed by atoms with van der Waals surface area (Å²) in [5.74, 6) is 1.01. The van der Waals surface area contributed by atoms with Crippen molar-refractivity contribution in [2.45, 2.75) is 50.4 Å². The molecule has 0 spiro atoms. The SMILES string of the molecule is COCCn1c(-c2ccc(Cl)cc2)cnc1SCC(=O)NC1CCCCC1C. The standard InChI is InChI=1S/C21H28ClN3O2S/c1-15-5-3-4-6-18(15)24-20(26)14-28-21-23-13-19(25(21)11-12-27-2)16-7-9-17(22)10-8-16/h7-10,13,15,18H,3-6,11-12,14H2,1-2H3,(H,24,26). The summed E-state index contributed by atoms with van der Waals surface area (Å²) >= 11 is 7.48. The zero-order valence-electron chi connectivity index (χ0n) is 16.5. The van der Waals surface area contributed by atoms with Crippen molar-refractivity contribution in [2.75, 3.05) is 19.5 Å². The molecule has 28 heavy (non-hydrogen) atoms. The minimum Gasteiger partial charge on any atom is -0.383 e. The fourth-order valence-electron chi connectivity index (χ4n) is 3.63. The van der Waals surface area contributed by atoms with E-state index in [9.17, 15) is 4.79 Å². The van der Waals surface area contributed by atoms with Crippen molar-refractivity contribution in [2.24, 2.45) is 5.92 Å². The fraction of sp³-hybridized carbons (Fsp3) is 0.524. The summed E-state index contributed by atoms with van der Waals surface area (Å²) in [6.07, 6.45) is 6.61.